The van der Waals surface area contributed by atoms with E-state index in [2.05, 4.69) is 0 Å². The van der Waals surface area contributed by atoms with Gasteiger partial charge in [-0.15, -0.1) is 0 Å². The molecule has 1 aromatic carbocycles. The number of hydrogen-bond acceptors (Lipinski definition) is 3. The normalized spacial score (nSPS) is 22.1. The molecule has 4 heteroatoms. The fraction of sp³-hybridized carbons (Fsp3) is 0.462. The Balaban J connectivity index is 1.77. The predicted octanol–water partition coefficient (Wildman–Crippen LogP) is 2.66. The number of anilines is 1. The molecule has 0 aromatic heterocycles. The lowest BCUT2D eigenvalue weighted by molar-refractivity contribution is -0.0610. The maximum Gasteiger partial charge on any atom is 0.414 e. The van der Waals surface area contributed by atoms with Crippen LogP contribution in [0.25, 0.3) is 0 Å². The van der Waals surface area contributed by atoms with Gasteiger partial charge in [-0.3, -0.25) is 4.90 Å². The van der Waals surface area contributed by atoms with Crippen molar-refractivity contribution in [1.82, 2.24) is 0 Å². The van der Waals surface area contributed by atoms with Crippen LogP contribution >= 0.6 is 0 Å². The second kappa shape index (κ2) is 3.65. The molecule has 17 heavy (non-hydrogen) atoms. The molecular formula is C13H15NO3. The SMILES string of the molecule is O=C1OC2(CCC2)CCN1c1ccc(O)cc1. The molecule has 2 fully saturated rings. The first-order valence-corrected chi connectivity index (χ1v) is 5.98. The number of hydrogen-bond donors (Lipinski definition) is 1. The van der Waals surface area contributed by atoms with Gasteiger partial charge in [0.15, 0.2) is 0 Å². The van der Waals surface area contributed by atoms with Crippen molar-refractivity contribution < 1.29 is 14.6 Å². The van der Waals surface area contributed by atoms with Crippen LogP contribution in [0.2, 0.25) is 0 Å². The molecule has 1 amide bonds. The fourth-order valence-corrected chi connectivity index (χ4v) is 2.49. The Morgan fingerprint density at radius 1 is 1.18 bits per heavy atom. The molecular weight excluding hydrogens is 218 g/mol. The summed E-state index contributed by atoms with van der Waals surface area (Å²) < 4.78 is 5.53. The molecule has 1 aromatic rings. The molecule has 1 heterocycles. The van der Waals surface area contributed by atoms with Crippen LogP contribution in [0.15, 0.2) is 24.3 Å². The minimum absolute atomic E-state index is 0.162. The summed E-state index contributed by atoms with van der Waals surface area (Å²) >= 11 is 0. The summed E-state index contributed by atoms with van der Waals surface area (Å²) in [5, 5.41) is 9.22. The third-order valence-corrected chi connectivity index (χ3v) is 3.74. The van der Waals surface area contributed by atoms with Gasteiger partial charge in [0.2, 0.25) is 0 Å². The van der Waals surface area contributed by atoms with E-state index in [1.807, 2.05) is 0 Å². The van der Waals surface area contributed by atoms with E-state index in [1.165, 1.54) is 0 Å². The fourth-order valence-electron chi connectivity index (χ4n) is 2.49. The van der Waals surface area contributed by atoms with Gasteiger partial charge < -0.3 is 9.84 Å². The number of phenolic OH excluding ortho intramolecular Hbond substituents is 1. The molecule has 4 nitrogen and oxygen atoms in total. The highest BCUT2D eigenvalue weighted by Gasteiger charge is 2.45. The van der Waals surface area contributed by atoms with E-state index in [-0.39, 0.29) is 17.4 Å². The van der Waals surface area contributed by atoms with Gasteiger partial charge in [-0.1, -0.05) is 0 Å². The maximum atomic E-state index is 11.9. The lowest BCUT2D eigenvalue weighted by Gasteiger charge is -2.46. The Labute approximate surface area is 99.8 Å². The summed E-state index contributed by atoms with van der Waals surface area (Å²) in [6.45, 7) is 0.698. The van der Waals surface area contributed by atoms with Crippen molar-refractivity contribution >= 4 is 11.8 Å². The van der Waals surface area contributed by atoms with Crippen molar-refractivity contribution in [2.45, 2.75) is 31.3 Å². The lowest BCUT2D eigenvalue weighted by atomic mass is 9.77. The third kappa shape index (κ3) is 1.73. The van der Waals surface area contributed by atoms with Gasteiger partial charge in [0.25, 0.3) is 0 Å². The van der Waals surface area contributed by atoms with E-state index in [9.17, 15) is 9.90 Å². The zero-order valence-corrected chi connectivity index (χ0v) is 9.56. The second-order valence-electron chi connectivity index (χ2n) is 4.82. The average Bonchev–Trinajstić information content (AvgIpc) is 2.28. The van der Waals surface area contributed by atoms with Gasteiger partial charge in [-0.2, -0.15) is 0 Å². The van der Waals surface area contributed by atoms with Crippen LogP contribution in [0.5, 0.6) is 5.75 Å². The number of phenols is 1. The maximum absolute atomic E-state index is 11.9. The molecule has 0 atom stereocenters. The van der Waals surface area contributed by atoms with Crippen LogP contribution in [0, 0.1) is 0 Å². The summed E-state index contributed by atoms with van der Waals surface area (Å²) in [5.74, 6) is 0.203. The van der Waals surface area contributed by atoms with Crippen LogP contribution < -0.4 is 4.90 Å². The summed E-state index contributed by atoms with van der Waals surface area (Å²) in [7, 11) is 0. The number of rotatable bonds is 1. The average molecular weight is 233 g/mol. The summed E-state index contributed by atoms with van der Waals surface area (Å²) in [5.41, 5.74) is 0.617. The van der Waals surface area contributed by atoms with Crippen LogP contribution in [0.1, 0.15) is 25.7 Å². The Bertz CT molecular complexity index is 436. The molecule has 1 aliphatic carbocycles. The van der Waals surface area contributed by atoms with Crippen molar-refractivity contribution in [3.8, 4) is 5.75 Å². The smallest absolute Gasteiger partial charge is 0.414 e. The van der Waals surface area contributed by atoms with Crippen LogP contribution in [0.4, 0.5) is 10.5 Å². The minimum atomic E-state index is -0.262. The summed E-state index contributed by atoms with van der Waals surface area (Å²) in [6.07, 6.45) is 3.80. The Hall–Kier alpha value is -1.71. The van der Waals surface area contributed by atoms with Crippen LogP contribution in [-0.2, 0) is 4.74 Å². The second-order valence-corrected chi connectivity index (χ2v) is 4.82. The van der Waals surface area contributed by atoms with Gasteiger partial charge in [0, 0.05) is 18.7 Å². The molecule has 0 unspecified atom stereocenters. The Morgan fingerprint density at radius 2 is 1.88 bits per heavy atom. The molecule has 1 aliphatic heterocycles. The standard InChI is InChI=1S/C13H15NO3/c15-11-4-2-10(3-5-11)14-9-8-13(6-1-7-13)17-12(14)16/h2-5,15H,1,6-9H2. The highest BCUT2D eigenvalue weighted by atomic mass is 16.6. The molecule has 0 radical (unpaired) electrons. The van der Waals surface area contributed by atoms with Gasteiger partial charge in [0.05, 0.1) is 0 Å². The number of carbonyl (C=O) groups is 1. The van der Waals surface area contributed by atoms with E-state index >= 15 is 0 Å². The number of carbonyl (C=O) groups excluding carboxylic acids is 1. The Morgan fingerprint density at radius 3 is 2.41 bits per heavy atom. The quantitative estimate of drug-likeness (QED) is 0.811. The molecule has 2 aliphatic rings. The number of nitrogens with zero attached hydrogens (tertiary/aromatic N) is 1. The topological polar surface area (TPSA) is 49.8 Å². The number of benzene rings is 1. The van der Waals surface area contributed by atoms with E-state index in [1.54, 1.807) is 29.2 Å². The largest absolute Gasteiger partial charge is 0.508 e. The first kappa shape index (κ1) is 10.4. The van der Waals surface area contributed by atoms with E-state index < -0.39 is 0 Å². The zero-order chi connectivity index (χ0) is 11.9. The van der Waals surface area contributed by atoms with E-state index in [0.29, 0.717) is 6.54 Å². The van der Waals surface area contributed by atoms with Gasteiger partial charge in [0.1, 0.15) is 11.4 Å². The highest BCUT2D eigenvalue weighted by molar-refractivity contribution is 5.88. The lowest BCUT2D eigenvalue weighted by Crippen LogP contribution is -2.53. The Kier molecular flexibility index (Phi) is 2.24. The monoisotopic (exact) mass is 233 g/mol. The number of amides is 1. The first-order valence-electron chi connectivity index (χ1n) is 5.98. The van der Waals surface area contributed by atoms with Crippen LogP contribution in [-0.4, -0.2) is 23.3 Å². The summed E-state index contributed by atoms with van der Waals surface area (Å²) in [4.78, 5) is 13.6. The highest BCUT2D eigenvalue weighted by Crippen LogP contribution is 2.42. The number of ether oxygens (including phenoxy) is 1. The van der Waals surface area contributed by atoms with Crippen molar-refractivity contribution in [2.75, 3.05) is 11.4 Å². The zero-order valence-electron chi connectivity index (χ0n) is 9.56. The van der Waals surface area contributed by atoms with Crippen LogP contribution in [0.3, 0.4) is 0 Å². The van der Waals surface area contributed by atoms with E-state index in [0.717, 1.165) is 31.4 Å². The molecule has 3 rings (SSSR count). The van der Waals surface area contributed by atoms with Crippen molar-refractivity contribution in [3.05, 3.63) is 24.3 Å². The van der Waals surface area contributed by atoms with Crippen molar-refractivity contribution in [1.29, 1.82) is 0 Å². The summed E-state index contributed by atoms with van der Waals surface area (Å²) in [6, 6.07) is 6.62. The molecule has 1 saturated heterocycles. The molecule has 1 spiro atoms. The molecule has 1 N–H and O–H groups in total. The number of aromatic hydroxyl groups is 1. The van der Waals surface area contributed by atoms with E-state index in [4.69, 9.17) is 4.74 Å². The van der Waals surface area contributed by atoms with Gasteiger partial charge in [-0.05, 0) is 43.5 Å². The molecule has 1 saturated carbocycles. The van der Waals surface area contributed by atoms with Gasteiger partial charge in [-0.25, -0.2) is 4.79 Å². The van der Waals surface area contributed by atoms with Gasteiger partial charge >= 0.3 is 6.09 Å². The molecule has 0 bridgehead atoms. The third-order valence-electron chi connectivity index (χ3n) is 3.74. The minimum Gasteiger partial charge on any atom is -0.508 e. The van der Waals surface area contributed by atoms with Crippen molar-refractivity contribution in [3.63, 3.8) is 0 Å². The first-order chi connectivity index (χ1) is 8.19. The molecule has 90 valence electrons. The predicted molar refractivity (Wildman–Crippen MR) is 63.1 cm³/mol. The van der Waals surface area contributed by atoms with Crippen molar-refractivity contribution in [2.24, 2.45) is 0 Å².